The molecule has 2 amide bonds. The van der Waals surface area contributed by atoms with Gasteiger partial charge in [0.1, 0.15) is 0 Å². The summed E-state index contributed by atoms with van der Waals surface area (Å²) in [6.45, 7) is 16.5. The predicted octanol–water partition coefficient (Wildman–Crippen LogP) is 4.36. The van der Waals surface area contributed by atoms with Crippen molar-refractivity contribution in [3.8, 4) is 0 Å². The molecule has 0 aliphatic heterocycles. The lowest BCUT2D eigenvalue weighted by Gasteiger charge is -2.30. The summed E-state index contributed by atoms with van der Waals surface area (Å²) in [5.74, 6) is 0.377. The van der Waals surface area contributed by atoms with Crippen molar-refractivity contribution in [2.75, 3.05) is 18.4 Å². The van der Waals surface area contributed by atoms with E-state index in [0.29, 0.717) is 24.5 Å². The van der Waals surface area contributed by atoms with Gasteiger partial charge in [0.15, 0.2) is 0 Å². The molecule has 1 aromatic carbocycles. The molecule has 0 radical (unpaired) electrons. The Morgan fingerprint density at radius 1 is 1.09 bits per heavy atom. The molecule has 0 bridgehead atoms. The highest BCUT2D eigenvalue weighted by Crippen LogP contribution is 2.27. The number of hydrogen-bond acceptors (Lipinski definition) is 2. The first-order chi connectivity index (χ1) is 10.7. The largest absolute Gasteiger partial charge is 0.337 e. The Labute approximate surface area is 141 Å². The van der Waals surface area contributed by atoms with Crippen LogP contribution in [-0.4, -0.2) is 36.1 Å². The summed E-state index contributed by atoms with van der Waals surface area (Å²) in [6, 6.07) is 6.96. The van der Waals surface area contributed by atoms with E-state index in [1.807, 2.05) is 19.1 Å². The summed E-state index contributed by atoms with van der Waals surface area (Å²) in [6.07, 6.45) is 0. The minimum atomic E-state index is -0.131. The summed E-state index contributed by atoms with van der Waals surface area (Å²) >= 11 is 0. The van der Waals surface area contributed by atoms with Gasteiger partial charge in [0.05, 0.1) is 0 Å². The number of rotatable bonds is 7. The fraction of sp³-hybridized carbons (Fsp3) is 0.632. The molecule has 0 aromatic heterocycles. The zero-order valence-electron chi connectivity index (χ0n) is 15.7. The molecule has 4 nitrogen and oxygen atoms in total. The molecule has 0 unspecified atom stereocenters. The highest BCUT2D eigenvalue weighted by molar-refractivity contribution is 5.91. The fourth-order valence-electron chi connectivity index (χ4n) is 2.91. The molecular weight excluding hydrogens is 286 g/mol. The lowest BCUT2D eigenvalue weighted by atomic mass is 9.98. The van der Waals surface area contributed by atoms with Crippen LogP contribution in [0.5, 0.6) is 0 Å². The lowest BCUT2D eigenvalue weighted by Crippen LogP contribution is -2.43. The Hall–Kier alpha value is -1.55. The molecular formula is C19H33N3O. The molecule has 4 heteroatoms. The van der Waals surface area contributed by atoms with E-state index in [9.17, 15) is 4.79 Å². The average Bonchev–Trinajstić information content (AvgIpc) is 2.44. The van der Waals surface area contributed by atoms with E-state index in [4.69, 9.17) is 0 Å². The van der Waals surface area contributed by atoms with Crippen LogP contribution in [0.1, 0.15) is 58.6 Å². The van der Waals surface area contributed by atoms with Gasteiger partial charge in [-0.2, -0.15) is 0 Å². The number of anilines is 1. The van der Waals surface area contributed by atoms with Gasteiger partial charge in [-0.15, -0.1) is 0 Å². The predicted molar refractivity (Wildman–Crippen MR) is 99.3 cm³/mol. The van der Waals surface area contributed by atoms with E-state index in [1.54, 1.807) is 0 Å². The SMILES string of the molecule is Cc1cccc(C(C)C)c1NC(=O)NCCN(C(C)C)C(C)C. The number of benzene rings is 1. The van der Waals surface area contributed by atoms with E-state index in [1.165, 1.54) is 5.56 Å². The molecule has 0 aliphatic rings. The van der Waals surface area contributed by atoms with E-state index < -0.39 is 0 Å². The third-order valence-electron chi connectivity index (χ3n) is 4.15. The van der Waals surface area contributed by atoms with Crippen molar-refractivity contribution in [2.24, 2.45) is 0 Å². The third kappa shape index (κ3) is 5.87. The molecule has 2 N–H and O–H groups in total. The Morgan fingerprint density at radius 2 is 1.70 bits per heavy atom. The zero-order chi connectivity index (χ0) is 17.6. The summed E-state index contributed by atoms with van der Waals surface area (Å²) in [7, 11) is 0. The first-order valence-electron chi connectivity index (χ1n) is 8.64. The van der Waals surface area contributed by atoms with Crippen LogP contribution < -0.4 is 10.6 Å². The first kappa shape index (κ1) is 19.5. The molecule has 0 saturated heterocycles. The maximum atomic E-state index is 12.2. The monoisotopic (exact) mass is 319 g/mol. The van der Waals surface area contributed by atoms with E-state index >= 15 is 0 Å². The highest BCUT2D eigenvalue weighted by atomic mass is 16.2. The second kappa shape index (κ2) is 8.92. The minimum Gasteiger partial charge on any atom is -0.337 e. The number of nitrogens with zero attached hydrogens (tertiary/aromatic N) is 1. The number of nitrogens with one attached hydrogen (secondary N) is 2. The molecule has 1 rings (SSSR count). The van der Waals surface area contributed by atoms with Crippen molar-refractivity contribution in [1.29, 1.82) is 0 Å². The number of hydrogen-bond donors (Lipinski definition) is 2. The van der Waals surface area contributed by atoms with Crippen LogP contribution in [0.3, 0.4) is 0 Å². The van der Waals surface area contributed by atoms with Gasteiger partial charge in [0.25, 0.3) is 0 Å². The van der Waals surface area contributed by atoms with Gasteiger partial charge in [-0.25, -0.2) is 4.79 Å². The van der Waals surface area contributed by atoms with Crippen molar-refractivity contribution in [2.45, 2.75) is 66.5 Å². The Kier molecular flexibility index (Phi) is 7.56. The summed E-state index contributed by atoms with van der Waals surface area (Å²) < 4.78 is 0. The number of aryl methyl sites for hydroxylation is 1. The van der Waals surface area contributed by atoms with Gasteiger partial charge < -0.3 is 10.6 Å². The van der Waals surface area contributed by atoms with Crippen molar-refractivity contribution in [3.63, 3.8) is 0 Å². The number of carbonyl (C=O) groups is 1. The molecule has 0 spiro atoms. The Balaban J connectivity index is 2.61. The van der Waals surface area contributed by atoms with Gasteiger partial charge in [0, 0.05) is 30.9 Å². The standard InChI is InChI=1S/C19H33N3O/c1-13(2)17-10-8-9-16(7)18(17)21-19(23)20-11-12-22(14(3)4)15(5)6/h8-10,13-15H,11-12H2,1-7H3,(H2,20,21,23). The summed E-state index contributed by atoms with van der Waals surface area (Å²) in [5.41, 5.74) is 3.20. The van der Waals surface area contributed by atoms with E-state index in [2.05, 4.69) is 63.1 Å². The average molecular weight is 319 g/mol. The maximum absolute atomic E-state index is 12.2. The Bertz CT molecular complexity index is 501. The van der Waals surface area contributed by atoms with Crippen LogP contribution in [0.2, 0.25) is 0 Å². The summed E-state index contributed by atoms with van der Waals surface area (Å²) in [5, 5.41) is 6.00. The van der Waals surface area contributed by atoms with E-state index in [0.717, 1.165) is 17.8 Å². The quantitative estimate of drug-likeness (QED) is 0.784. The van der Waals surface area contributed by atoms with Crippen molar-refractivity contribution in [3.05, 3.63) is 29.3 Å². The van der Waals surface area contributed by atoms with Crippen molar-refractivity contribution in [1.82, 2.24) is 10.2 Å². The molecule has 0 fully saturated rings. The smallest absolute Gasteiger partial charge is 0.319 e. The molecule has 0 aliphatic carbocycles. The molecule has 0 heterocycles. The second-order valence-corrected chi connectivity index (χ2v) is 7.00. The molecule has 23 heavy (non-hydrogen) atoms. The summed E-state index contributed by atoms with van der Waals surface area (Å²) in [4.78, 5) is 14.6. The normalized spacial score (nSPS) is 11.6. The highest BCUT2D eigenvalue weighted by Gasteiger charge is 2.14. The van der Waals surface area contributed by atoms with E-state index in [-0.39, 0.29) is 6.03 Å². The van der Waals surface area contributed by atoms with Crippen LogP contribution in [-0.2, 0) is 0 Å². The van der Waals surface area contributed by atoms with Gasteiger partial charge in [0.2, 0.25) is 0 Å². The minimum absolute atomic E-state index is 0.131. The van der Waals surface area contributed by atoms with Crippen molar-refractivity contribution >= 4 is 11.7 Å². The lowest BCUT2D eigenvalue weighted by molar-refractivity contribution is 0.176. The zero-order valence-corrected chi connectivity index (χ0v) is 15.7. The maximum Gasteiger partial charge on any atom is 0.319 e. The fourth-order valence-corrected chi connectivity index (χ4v) is 2.91. The number of para-hydroxylation sites is 1. The molecule has 0 atom stereocenters. The third-order valence-corrected chi connectivity index (χ3v) is 4.15. The van der Waals surface area contributed by atoms with Crippen LogP contribution in [0.15, 0.2) is 18.2 Å². The van der Waals surface area contributed by atoms with Gasteiger partial charge in [-0.1, -0.05) is 32.0 Å². The molecule has 1 aromatic rings. The number of urea groups is 1. The van der Waals surface area contributed by atoms with Crippen molar-refractivity contribution < 1.29 is 4.79 Å². The topological polar surface area (TPSA) is 44.4 Å². The Morgan fingerprint density at radius 3 is 2.22 bits per heavy atom. The van der Waals surface area contributed by atoms with Gasteiger partial charge in [-0.05, 0) is 51.7 Å². The second-order valence-electron chi connectivity index (χ2n) is 7.00. The van der Waals surface area contributed by atoms with Crippen LogP contribution in [0.25, 0.3) is 0 Å². The number of carbonyl (C=O) groups excluding carboxylic acids is 1. The molecule has 130 valence electrons. The first-order valence-corrected chi connectivity index (χ1v) is 8.64. The van der Waals surface area contributed by atoms with Crippen LogP contribution >= 0.6 is 0 Å². The van der Waals surface area contributed by atoms with Gasteiger partial charge in [-0.3, -0.25) is 4.90 Å². The van der Waals surface area contributed by atoms with Crippen LogP contribution in [0.4, 0.5) is 10.5 Å². The molecule has 0 saturated carbocycles. The van der Waals surface area contributed by atoms with Crippen LogP contribution in [0, 0.1) is 6.92 Å². The van der Waals surface area contributed by atoms with Gasteiger partial charge >= 0.3 is 6.03 Å². The number of amides is 2.